The lowest BCUT2D eigenvalue weighted by Crippen LogP contribution is -2.31. The standard InChI is InChI=1S/C21H26N8O2S/c1-13-10-14(18-23-12-24-27-18)4-5-16(13)25-20-22-11-17-19(26-20)29(21(30)28(17)2)15-6-8-32(3,31)9-7-15/h4-5,10-12,15,31H,6-9H2,1-3H3,(H,22,25,26)(H,23,24,27). The number of imidazole rings is 1. The summed E-state index contributed by atoms with van der Waals surface area (Å²) in [6.45, 7) is 2.00. The fraction of sp³-hybridized carbons (Fsp3) is 0.381. The third-order valence-electron chi connectivity index (χ3n) is 6.14. The van der Waals surface area contributed by atoms with Gasteiger partial charge in [0.25, 0.3) is 0 Å². The number of aromatic nitrogens is 7. The van der Waals surface area contributed by atoms with Crippen molar-refractivity contribution in [2.75, 3.05) is 23.1 Å². The smallest absolute Gasteiger partial charge is 0.330 e. The second kappa shape index (κ2) is 7.75. The van der Waals surface area contributed by atoms with Crippen molar-refractivity contribution < 1.29 is 4.55 Å². The zero-order valence-corrected chi connectivity index (χ0v) is 19.1. The minimum Gasteiger partial charge on any atom is -0.352 e. The quantitative estimate of drug-likeness (QED) is 0.432. The fourth-order valence-electron chi connectivity index (χ4n) is 4.23. The van der Waals surface area contributed by atoms with Crippen LogP contribution in [0, 0.1) is 6.92 Å². The number of benzene rings is 1. The Morgan fingerprint density at radius 1 is 1.25 bits per heavy atom. The van der Waals surface area contributed by atoms with Gasteiger partial charge in [0.2, 0.25) is 5.95 Å². The molecule has 0 bridgehead atoms. The number of nitrogens with zero attached hydrogens (tertiary/aromatic N) is 6. The highest BCUT2D eigenvalue weighted by Gasteiger charge is 2.29. The molecule has 168 valence electrons. The Morgan fingerprint density at radius 3 is 2.72 bits per heavy atom. The molecule has 0 atom stereocenters. The van der Waals surface area contributed by atoms with Gasteiger partial charge in [-0.05, 0) is 49.8 Å². The number of hydrogen-bond acceptors (Lipinski definition) is 7. The molecule has 5 rings (SSSR count). The summed E-state index contributed by atoms with van der Waals surface area (Å²) in [6.07, 6.45) is 6.65. The van der Waals surface area contributed by atoms with E-state index in [9.17, 15) is 9.35 Å². The van der Waals surface area contributed by atoms with Gasteiger partial charge in [0.1, 0.15) is 11.8 Å². The number of nitrogens with one attached hydrogen (secondary N) is 2. The molecule has 0 saturated carbocycles. The molecule has 1 aliphatic heterocycles. The molecule has 3 N–H and O–H groups in total. The summed E-state index contributed by atoms with van der Waals surface area (Å²) in [6, 6.07) is 5.94. The lowest BCUT2D eigenvalue weighted by atomic mass is 10.1. The maximum atomic E-state index is 13.0. The normalized spacial score (nSPS) is 23.2. The maximum absolute atomic E-state index is 13.0. The van der Waals surface area contributed by atoms with Crippen molar-refractivity contribution in [1.82, 2.24) is 34.3 Å². The van der Waals surface area contributed by atoms with E-state index >= 15 is 0 Å². The highest BCUT2D eigenvalue weighted by atomic mass is 32.3. The minimum absolute atomic E-state index is 0.0320. The third kappa shape index (κ3) is 3.67. The predicted molar refractivity (Wildman–Crippen MR) is 127 cm³/mol. The molecule has 4 aromatic rings. The summed E-state index contributed by atoms with van der Waals surface area (Å²) >= 11 is 0. The monoisotopic (exact) mass is 454 g/mol. The van der Waals surface area contributed by atoms with Gasteiger partial charge >= 0.3 is 5.69 Å². The first kappa shape index (κ1) is 20.7. The molecule has 0 amide bonds. The fourth-order valence-corrected chi connectivity index (χ4v) is 5.99. The predicted octanol–water partition coefficient (Wildman–Crippen LogP) is 3.21. The Bertz CT molecular complexity index is 1330. The van der Waals surface area contributed by atoms with Gasteiger partial charge in [0.15, 0.2) is 11.5 Å². The Hall–Kier alpha value is -3.18. The van der Waals surface area contributed by atoms with Gasteiger partial charge in [0.05, 0.1) is 6.20 Å². The summed E-state index contributed by atoms with van der Waals surface area (Å²) in [4.78, 5) is 26.3. The summed E-state index contributed by atoms with van der Waals surface area (Å²) in [5.41, 5.74) is 4.03. The maximum Gasteiger partial charge on any atom is 0.330 e. The number of aromatic amines is 1. The van der Waals surface area contributed by atoms with E-state index in [1.807, 2.05) is 31.4 Å². The molecule has 0 spiro atoms. The number of anilines is 2. The first-order valence-electron chi connectivity index (χ1n) is 10.5. The summed E-state index contributed by atoms with van der Waals surface area (Å²) in [5.74, 6) is 2.63. The second-order valence-corrected chi connectivity index (χ2v) is 11.7. The molecule has 0 radical (unpaired) electrons. The van der Waals surface area contributed by atoms with E-state index < -0.39 is 10.3 Å². The van der Waals surface area contributed by atoms with Crippen molar-refractivity contribution in [2.45, 2.75) is 25.8 Å². The van der Waals surface area contributed by atoms with E-state index in [2.05, 4.69) is 25.5 Å². The molecule has 4 heterocycles. The van der Waals surface area contributed by atoms with E-state index in [-0.39, 0.29) is 11.7 Å². The zero-order chi connectivity index (χ0) is 22.5. The van der Waals surface area contributed by atoms with E-state index in [4.69, 9.17) is 4.98 Å². The molecule has 1 aliphatic rings. The second-order valence-electron chi connectivity index (χ2n) is 8.46. The van der Waals surface area contributed by atoms with Crippen molar-refractivity contribution >= 4 is 33.1 Å². The van der Waals surface area contributed by atoms with Crippen LogP contribution in [0.15, 0.2) is 35.5 Å². The van der Waals surface area contributed by atoms with E-state index in [1.165, 1.54) is 6.33 Å². The average molecular weight is 455 g/mol. The van der Waals surface area contributed by atoms with Gasteiger partial charge in [-0.25, -0.2) is 14.8 Å². The molecular formula is C21H26N8O2S. The first-order valence-corrected chi connectivity index (χ1v) is 12.8. The number of H-pyrrole nitrogens is 1. The van der Waals surface area contributed by atoms with Gasteiger partial charge in [-0.3, -0.25) is 14.2 Å². The zero-order valence-electron chi connectivity index (χ0n) is 18.2. The molecule has 32 heavy (non-hydrogen) atoms. The van der Waals surface area contributed by atoms with Gasteiger partial charge in [0, 0.05) is 35.8 Å². The SMILES string of the molecule is Cc1cc(-c2ncn[nH]2)ccc1Nc1ncc2c(n1)n(C1CCS(C)(O)CC1)c(=O)n2C. The van der Waals surface area contributed by atoms with Crippen molar-refractivity contribution in [3.05, 3.63) is 46.8 Å². The van der Waals surface area contributed by atoms with Crippen molar-refractivity contribution in [3.63, 3.8) is 0 Å². The molecule has 10 nitrogen and oxygen atoms in total. The molecule has 11 heteroatoms. The summed E-state index contributed by atoms with van der Waals surface area (Å²) in [7, 11) is 0.210. The Labute approximate surface area is 186 Å². The summed E-state index contributed by atoms with van der Waals surface area (Å²) < 4.78 is 13.8. The first-order chi connectivity index (χ1) is 15.3. The van der Waals surface area contributed by atoms with Crippen molar-refractivity contribution in [3.8, 4) is 11.4 Å². The van der Waals surface area contributed by atoms with E-state index in [0.29, 0.717) is 22.9 Å². The van der Waals surface area contributed by atoms with Crippen LogP contribution in [0.1, 0.15) is 24.4 Å². The highest BCUT2D eigenvalue weighted by Crippen LogP contribution is 2.47. The molecule has 1 aromatic carbocycles. The molecule has 3 aromatic heterocycles. The lowest BCUT2D eigenvalue weighted by molar-refractivity contribution is 0.444. The van der Waals surface area contributed by atoms with Crippen molar-refractivity contribution in [1.29, 1.82) is 0 Å². The van der Waals surface area contributed by atoms with E-state index in [0.717, 1.165) is 41.2 Å². The van der Waals surface area contributed by atoms with Crippen molar-refractivity contribution in [2.24, 2.45) is 7.05 Å². The van der Waals surface area contributed by atoms with Gasteiger partial charge in [-0.15, -0.1) is 10.3 Å². The van der Waals surface area contributed by atoms with Crippen LogP contribution in [0.5, 0.6) is 0 Å². The number of rotatable bonds is 4. The lowest BCUT2D eigenvalue weighted by Gasteiger charge is -2.37. The van der Waals surface area contributed by atoms with Gasteiger partial charge in [-0.2, -0.15) is 10.1 Å². The van der Waals surface area contributed by atoms with E-state index in [1.54, 1.807) is 22.4 Å². The Kier molecular flexibility index (Phi) is 5.01. The van der Waals surface area contributed by atoms with Crippen LogP contribution in [0.4, 0.5) is 11.6 Å². The number of aryl methyl sites for hydroxylation is 2. The molecular weight excluding hydrogens is 428 g/mol. The largest absolute Gasteiger partial charge is 0.352 e. The Balaban J connectivity index is 1.48. The van der Waals surface area contributed by atoms with Crippen LogP contribution in [0.3, 0.4) is 0 Å². The van der Waals surface area contributed by atoms with Crippen LogP contribution in [-0.2, 0) is 7.05 Å². The molecule has 0 aliphatic carbocycles. The third-order valence-corrected chi connectivity index (χ3v) is 8.37. The van der Waals surface area contributed by atoms with Gasteiger partial charge < -0.3 is 9.87 Å². The minimum atomic E-state index is -1.53. The summed E-state index contributed by atoms with van der Waals surface area (Å²) in [5, 5.41) is 10.0. The van der Waals surface area contributed by atoms with Crippen LogP contribution in [0.2, 0.25) is 0 Å². The van der Waals surface area contributed by atoms with Crippen LogP contribution < -0.4 is 11.0 Å². The topological polar surface area (TPSA) is 127 Å². The van der Waals surface area contributed by atoms with Crippen LogP contribution in [0.25, 0.3) is 22.6 Å². The number of hydrogen-bond donors (Lipinski definition) is 3. The van der Waals surface area contributed by atoms with Crippen LogP contribution in [-0.4, -0.2) is 56.6 Å². The van der Waals surface area contributed by atoms with Gasteiger partial charge in [-0.1, -0.05) is 0 Å². The number of fused-ring (bicyclic) bond motifs is 1. The molecule has 1 saturated heterocycles. The highest BCUT2D eigenvalue weighted by molar-refractivity contribution is 8.28. The molecule has 1 fully saturated rings. The average Bonchev–Trinajstić information content (AvgIpc) is 3.38. The van der Waals surface area contributed by atoms with Crippen LogP contribution >= 0.6 is 10.3 Å². The Morgan fingerprint density at radius 2 is 2.03 bits per heavy atom. The molecule has 0 unspecified atom stereocenters.